The molecule has 0 saturated carbocycles. The molecule has 1 fully saturated rings. The lowest BCUT2D eigenvalue weighted by molar-refractivity contribution is -0.130. The number of benzene rings is 1. The van der Waals surface area contributed by atoms with Crippen molar-refractivity contribution in [3.63, 3.8) is 0 Å². The van der Waals surface area contributed by atoms with Crippen molar-refractivity contribution in [2.45, 2.75) is 19.3 Å². The first-order valence-electron chi connectivity index (χ1n) is 7.18. The lowest BCUT2D eigenvalue weighted by Gasteiger charge is -2.26. The molecule has 0 bridgehead atoms. The standard InChI is InChI=1S/C15H22N4O2.HI/c1-21-13-7-5-12(6-8-13)18-15(16)17-11-14(20)19-9-3-2-4-10-19;/h5-8H,2-4,9-11H2,1H3,(H3,16,17,18);1H. The Labute approximate surface area is 148 Å². The van der Waals surface area contributed by atoms with Gasteiger partial charge in [0.05, 0.1) is 7.11 Å². The van der Waals surface area contributed by atoms with Gasteiger partial charge in [-0.05, 0) is 43.5 Å². The van der Waals surface area contributed by atoms with Crippen molar-refractivity contribution < 1.29 is 9.53 Å². The van der Waals surface area contributed by atoms with Crippen LogP contribution in [0.5, 0.6) is 5.75 Å². The Morgan fingerprint density at radius 3 is 2.50 bits per heavy atom. The Morgan fingerprint density at radius 2 is 1.91 bits per heavy atom. The smallest absolute Gasteiger partial charge is 0.244 e. The Kier molecular flexibility index (Phi) is 8.00. The molecule has 1 heterocycles. The number of carbonyl (C=O) groups excluding carboxylic acids is 1. The molecule has 2 rings (SSSR count). The lowest BCUT2D eigenvalue weighted by Crippen LogP contribution is -2.37. The number of halogens is 1. The van der Waals surface area contributed by atoms with E-state index in [9.17, 15) is 4.79 Å². The second-order valence-corrected chi connectivity index (χ2v) is 5.00. The fourth-order valence-corrected chi connectivity index (χ4v) is 2.26. The van der Waals surface area contributed by atoms with Crippen LogP contribution in [0.4, 0.5) is 5.69 Å². The third-order valence-electron chi connectivity index (χ3n) is 3.46. The monoisotopic (exact) mass is 418 g/mol. The zero-order valence-corrected chi connectivity index (χ0v) is 15.1. The Bertz CT molecular complexity index is 499. The van der Waals surface area contributed by atoms with Crippen LogP contribution < -0.4 is 15.8 Å². The highest BCUT2D eigenvalue weighted by atomic mass is 127. The molecule has 0 unspecified atom stereocenters. The average molecular weight is 418 g/mol. The molecule has 22 heavy (non-hydrogen) atoms. The molecule has 1 aliphatic heterocycles. The molecular formula is C15H23IN4O2. The minimum absolute atomic E-state index is 0. The van der Waals surface area contributed by atoms with E-state index in [0.717, 1.165) is 37.4 Å². The van der Waals surface area contributed by atoms with Crippen molar-refractivity contribution in [2.75, 3.05) is 32.1 Å². The number of anilines is 1. The maximum atomic E-state index is 12.0. The van der Waals surface area contributed by atoms with Gasteiger partial charge in [-0.25, -0.2) is 4.99 Å². The normalized spacial score (nSPS) is 15.0. The number of amides is 1. The van der Waals surface area contributed by atoms with Gasteiger partial charge in [0.1, 0.15) is 12.3 Å². The molecule has 0 aliphatic carbocycles. The van der Waals surface area contributed by atoms with Gasteiger partial charge in [-0.15, -0.1) is 24.0 Å². The van der Waals surface area contributed by atoms with Gasteiger partial charge >= 0.3 is 0 Å². The van der Waals surface area contributed by atoms with Crippen molar-refractivity contribution in [3.05, 3.63) is 24.3 Å². The van der Waals surface area contributed by atoms with E-state index in [0.29, 0.717) is 0 Å². The highest BCUT2D eigenvalue weighted by Gasteiger charge is 2.15. The van der Waals surface area contributed by atoms with Gasteiger partial charge in [0.2, 0.25) is 5.91 Å². The Hall–Kier alpha value is -1.51. The number of hydrogen-bond acceptors (Lipinski definition) is 3. The van der Waals surface area contributed by atoms with Crippen molar-refractivity contribution in [3.8, 4) is 5.75 Å². The van der Waals surface area contributed by atoms with E-state index in [1.54, 1.807) is 7.11 Å². The number of hydrogen-bond donors (Lipinski definition) is 2. The summed E-state index contributed by atoms with van der Waals surface area (Å²) in [6, 6.07) is 7.34. The third-order valence-corrected chi connectivity index (χ3v) is 3.46. The number of methoxy groups -OCH3 is 1. The topological polar surface area (TPSA) is 80.0 Å². The zero-order valence-electron chi connectivity index (χ0n) is 12.7. The molecule has 0 spiro atoms. The van der Waals surface area contributed by atoms with E-state index in [4.69, 9.17) is 10.5 Å². The maximum Gasteiger partial charge on any atom is 0.244 e. The molecule has 0 radical (unpaired) electrons. The van der Waals surface area contributed by atoms with Gasteiger partial charge in [0.15, 0.2) is 5.96 Å². The van der Waals surface area contributed by atoms with Crippen molar-refractivity contribution in [2.24, 2.45) is 10.7 Å². The highest BCUT2D eigenvalue weighted by Crippen LogP contribution is 2.14. The average Bonchev–Trinajstić information content (AvgIpc) is 2.54. The molecule has 7 heteroatoms. The number of carbonyl (C=O) groups is 1. The maximum absolute atomic E-state index is 12.0. The summed E-state index contributed by atoms with van der Waals surface area (Å²) in [7, 11) is 1.62. The molecule has 1 aromatic carbocycles. The minimum Gasteiger partial charge on any atom is -0.497 e. The zero-order chi connectivity index (χ0) is 15.1. The van der Waals surface area contributed by atoms with Crippen LogP contribution in [0, 0.1) is 0 Å². The summed E-state index contributed by atoms with van der Waals surface area (Å²) in [6.07, 6.45) is 3.36. The molecule has 0 atom stereocenters. The number of nitrogens with two attached hydrogens (primary N) is 1. The summed E-state index contributed by atoms with van der Waals surface area (Å²) < 4.78 is 5.08. The number of piperidine rings is 1. The third kappa shape index (κ3) is 5.70. The van der Waals surface area contributed by atoms with Crippen LogP contribution in [0.15, 0.2) is 29.3 Å². The summed E-state index contributed by atoms with van der Waals surface area (Å²) in [5.41, 5.74) is 6.60. The van der Waals surface area contributed by atoms with E-state index >= 15 is 0 Å². The van der Waals surface area contributed by atoms with Crippen LogP contribution in [0.1, 0.15) is 19.3 Å². The summed E-state index contributed by atoms with van der Waals surface area (Å²) in [5, 5.41) is 2.95. The van der Waals surface area contributed by atoms with Gasteiger partial charge in [-0.2, -0.15) is 0 Å². The number of aliphatic imine (C=N–C) groups is 1. The molecular weight excluding hydrogens is 395 g/mol. The second-order valence-electron chi connectivity index (χ2n) is 5.00. The van der Waals surface area contributed by atoms with Crippen molar-refractivity contribution >= 4 is 41.5 Å². The first kappa shape index (κ1) is 18.5. The van der Waals surface area contributed by atoms with E-state index in [1.165, 1.54) is 6.42 Å². The van der Waals surface area contributed by atoms with Crippen LogP contribution in [-0.4, -0.2) is 43.5 Å². The van der Waals surface area contributed by atoms with Gasteiger partial charge in [-0.1, -0.05) is 0 Å². The van der Waals surface area contributed by atoms with E-state index < -0.39 is 0 Å². The predicted octanol–water partition coefficient (Wildman–Crippen LogP) is 2.05. The number of likely N-dealkylation sites (tertiary alicyclic amines) is 1. The summed E-state index contributed by atoms with van der Waals surface area (Å²) in [6.45, 7) is 1.76. The van der Waals surface area contributed by atoms with E-state index in [2.05, 4.69) is 10.3 Å². The fraction of sp³-hybridized carbons (Fsp3) is 0.467. The second kappa shape index (κ2) is 9.50. The van der Waals surface area contributed by atoms with E-state index in [1.807, 2.05) is 29.2 Å². The fourth-order valence-electron chi connectivity index (χ4n) is 2.26. The molecule has 3 N–H and O–H groups in total. The van der Waals surface area contributed by atoms with Gasteiger partial charge in [-0.3, -0.25) is 4.79 Å². The van der Waals surface area contributed by atoms with Crippen LogP contribution in [-0.2, 0) is 4.79 Å². The van der Waals surface area contributed by atoms with E-state index in [-0.39, 0.29) is 42.4 Å². The summed E-state index contributed by atoms with van der Waals surface area (Å²) in [5.74, 6) is 1.05. The summed E-state index contributed by atoms with van der Waals surface area (Å²) >= 11 is 0. The van der Waals surface area contributed by atoms with Gasteiger partial charge < -0.3 is 20.7 Å². The van der Waals surface area contributed by atoms with Crippen molar-refractivity contribution in [1.82, 2.24) is 4.90 Å². The number of nitrogens with zero attached hydrogens (tertiary/aromatic N) is 2. The molecule has 1 aromatic rings. The molecule has 1 saturated heterocycles. The van der Waals surface area contributed by atoms with Crippen LogP contribution in [0.2, 0.25) is 0 Å². The number of nitrogens with one attached hydrogen (secondary N) is 1. The Balaban J connectivity index is 0.00000242. The number of rotatable bonds is 4. The van der Waals surface area contributed by atoms with Gasteiger partial charge in [0, 0.05) is 18.8 Å². The Morgan fingerprint density at radius 1 is 1.27 bits per heavy atom. The quantitative estimate of drug-likeness (QED) is 0.446. The lowest BCUT2D eigenvalue weighted by atomic mass is 10.1. The van der Waals surface area contributed by atoms with Crippen LogP contribution >= 0.6 is 24.0 Å². The molecule has 1 aliphatic rings. The molecule has 0 aromatic heterocycles. The number of ether oxygens (including phenoxy) is 1. The predicted molar refractivity (Wildman–Crippen MR) is 99.0 cm³/mol. The van der Waals surface area contributed by atoms with Gasteiger partial charge in [0.25, 0.3) is 0 Å². The first-order valence-corrected chi connectivity index (χ1v) is 7.18. The highest BCUT2D eigenvalue weighted by molar-refractivity contribution is 14.0. The minimum atomic E-state index is 0. The van der Waals surface area contributed by atoms with Crippen LogP contribution in [0.3, 0.4) is 0 Å². The molecule has 6 nitrogen and oxygen atoms in total. The van der Waals surface area contributed by atoms with Crippen molar-refractivity contribution in [1.29, 1.82) is 0 Å². The SMILES string of the molecule is COc1ccc(NC(N)=NCC(=O)N2CCCCC2)cc1.I. The largest absolute Gasteiger partial charge is 0.497 e. The number of guanidine groups is 1. The molecule has 1 amide bonds. The first-order chi connectivity index (χ1) is 10.2. The molecule has 122 valence electrons. The van der Waals surface area contributed by atoms with Crippen LogP contribution in [0.25, 0.3) is 0 Å². The summed E-state index contributed by atoms with van der Waals surface area (Å²) in [4.78, 5) is 17.9.